The number of morpholine rings is 1. The number of methoxy groups -OCH3 is 1. The van der Waals surface area contributed by atoms with Gasteiger partial charge >= 0.3 is 5.97 Å². The molecule has 1 amide bonds. The first kappa shape index (κ1) is 24.6. The molecule has 0 spiro atoms. The smallest absolute Gasteiger partial charge is 0.337 e. The summed E-state index contributed by atoms with van der Waals surface area (Å²) >= 11 is 0. The molecule has 2 aromatic rings. The van der Waals surface area contributed by atoms with Crippen LogP contribution in [0.25, 0.3) is 5.76 Å². The number of benzene rings is 2. The Morgan fingerprint density at radius 1 is 1.03 bits per heavy atom. The maximum atomic E-state index is 13.4. The van der Waals surface area contributed by atoms with Crippen molar-refractivity contribution in [3.05, 3.63) is 76.6 Å². The topological polar surface area (TPSA) is 96.4 Å². The number of nitrogens with zero attached hydrogens (tertiary/aromatic N) is 2. The van der Waals surface area contributed by atoms with E-state index < -0.39 is 29.5 Å². The number of carbonyl (C=O) groups excluding carboxylic acids is 3. The highest BCUT2D eigenvalue weighted by Gasteiger charge is 2.45. The summed E-state index contributed by atoms with van der Waals surface area (Å²) in [6.07, 6.45) is 0.625. The van der Waals surface area contributed by atoms with Gasteiger partial charge in [0, 0.05) is 31.7 Å². The van der Waals surface area contributed by atoms with Crippen molar-refractivity contribution in [3.63, 3.8) is 0 Å². The van der Waals surface area contributed by atoms with Crippen LogP contribution in [0.3, 0.4) is 0 Å². The van der Waals surface area contributed by atoms with E-state index in [2.05, 4.69) is 4.90 Å². The molecule has 1 unspecified atom stereocenters. The number of amides is 1. The van der Waals surface area contributed by atoms with Gasteiger partial charge in [0.2, 0.25) is 0 Å². The minimum Gasteiger partial charge on any atom is -0.507 e. The van der Waals surface area contributed by atoms with Gasteiger partial charge in [-0.3, -0.25) is 14.5 Å². The molecule has 184 valence electrons. The van der Waals surface area contributed by atoms with Gasteiger partial charge in [-0.05, 0) is 48.4 Å². The van der Waals surface area contributed by atoms with Crippen LogP contribution in [0.15, 0.2) is 54.1 Å². The molecule has 2 aromatic carbocycles. The third-order valence-electron chi connectivity index (χ3n) is 6.28. The quantitative estimate of drug-likeness (QED) is 0.281. The molecule has 0 saturated carbocycles. The number of esters is 1. The third kappa shape index (κ3) is 5.26. The van der Waals surface area contributed by atoms with Crippen molar-refractivity contribution in [2.75, 3.05) is 46.5 Å². The fraction of sp³-hybridized carbons (Fsp3) is 0.346. The zero-order valence-corrected chi connectivity index (χ0v) is 19.4. The number of aliphatic hydroxyl groups excluding tert-OH is 1. The van der Waals surface area contributed by atoms with Crippen molar-refractivity contribution in [1.82, 2.24) is 9.80 Å². The van der Waals surface area contributed by atoms with E-state index in [-0.39, 0.29) is 16.9 Å². The van der Waals surface area contributed by atoms with Crippen LogP contribution in [-0.4, -0.2) is 79.1 Å². The summed E-state index contributed by atoms with van der Waals surface area (Å²) in [6, 6.07) is 10.6. The predicted octanol–water partition coefficient (Wildman–Crippen LogP) is 2.76. The number of hydrogen-bond donors (Lipinski definition) is 1. The van der Waals surface area contributed by atoms with E-state index in [1.165, 1.54) is 36.3 Å². The number of Topliss-reactive ketones (excluding diaryl/α,β-unsaturated/α-hetero) is 1. The monoisotopic (exact) mass is 482 g/mol. The molecule has 9 heteroatoms. The second-order valence-corrected chi connectivity index (χ2v) is 8.42. The van der Waals surface area contributed by atoms with E-state index >= 15 is 0 Å². The molecule has 0 aromatic heterocycles. The lowest BCUT2D eigenvalue weighted by Gasteiger charge is -2.29. The fourth-order valence-electron chi connectivity index (χ4n) is 4.43. The molecule has 8 nitrogen and oxygen atoms in total. The molecule has 4 rings (SSSR count). The Bertz CT molecular complexity index is 1120. The lowest BCUT2D eigenvalue weighted by atomic mass is 9.94. The Balaban J connectivity index is 1.68. The Morgan fingerprint density at radius 2 is 1.66 bits per heavy atom. The number of halogens is 1. The van der Waals surface area contributed by atoms with Crippen molar-refractivity contribution in [2.45, 2.75) is 12.5 Å². The zero-order chi connectivity index (χ0) is 24.9. The van der Waals surface area contributed by atoms with E-state index in [0.717, 1.165) is 19.6 Å². The summed E-state index contributed by atoms with van der Waals surface area (Å²) < 4.78 is 23.5. The van der Waals surface area contributed by atoms with E-state index in [0.29, 0.717) is 37.3 Å². The largest absolute Gasteiger partial charge is 0.507 e. The highest BCUT2D eigenvalue weighted by molar-refractivity contribution is 6.46. The summed E-state index contributed by atoms with van der Waals surface area (Å²) in [7, 11) is 1.28. The molecule has 35 heavy (non-hydrogen) atoms. The molecule has 0 aliphatic carbocycles. The van der Waals surface area contributed by atoms with E-state index in [9.17, 15) is 23.9 Å². The SMILES string of the molecule is COC(=O)c1ccc(C2/C(=C(/O)c3ccc(F)cc3)C(=O)C(=O)N2CCCN2CCOCC2)cc1. The van der Waals surface area contributed by atoms with Crippen LogP contribution in [0.2, 0.25) is 0 Å². The molecular weight excluding hydrogens is 455 g/mol. The number of carbonyl (C=O) groups is 3. The van der Waals surface area contributed by atoms with E-state index in [1.54, 1.807) is 24.3 Å². The average molecular weight is 483 g/mol. The molecule has 2 heterocycles. The first-order valence-electron chi connectivity index (χ1n) is 11.4. The van der Waals surface area contributed by atoms with Crippen molar-refractivity contribution in [3.8, 4) is 0 Å². The molecule has 0 radical (unpaired) electrons. The molecule has 0 bridgehead atoms. The van der Waals surface area contributed by atoms with Crippen LogP contribution in [0.1, 0.15) is 33.9 Å². The summed E-state index contributed by atoms with van der Waals surface area (Å²) in [5.41, 5.74) is 1.04. The van der Waals surface area contributed by atoms with Crippen molar-refractivity contribution in [1.29, 1.82) is 0 Å². The second kappa shape index (κ2) is 10.8. The van der Waals surface area contributed by atoms with Crippen LogP contribution < -0.4 is 0 Å². The molecular formula is C26H27FN2O6. The van der Waals surface area contributed by atoms with Crippen LogP contribution in [0.5, 0.6) is 0 Å². The Kier molecular flexibility index (Phi) is 7.57. The lowest BCUT2D eigenvalue weighted by molar-refractivity contribution is -0.140. The van der Waals surface area contributed by atoms with Gasteiger partial charge in [0.25, 0.3) is 11.7 Å². The number of rotatable bonds is 7. The number of likely N-dealkylation sites (tertiary alicyclic amines) is 1. The van der Waals surface area contributed by atoms with Gasteiger partial charge < -0.3 is 19.5 Å². The number of ketones is 1. The Hall–Kier alpha value is -3.56. The number of hydrogen-bond acceptors (Lipinski definition) is 7. The summed E-state index contributed by atoms with van der Waals surface area (Å²) in [5.74, 6) is -2.89. The van der Waals surface area contributed by atoms with Gasteiger partial charge in [-0.15, -0.1) is 0 Å². The first-order chi connectivity index (χ1) is 16.9. The zero-order valence-electron chi connectivity index (χ0n) is 19.4. The highest BCUT2D eigenvalue weighted by Crippen LogP contribution is 2.39. The van der Waals surface area contributed by atoms with Crippen LogP contribution in [0.4, 0.5) is 4.39 Å². The second-order valence-electron chi connectivity index (χ2n) is 8.42. The van der Waals surface area contributed by atoms with Crippen LogP contribution in [0, 0.1) is 5.82 Å². The van der Waals surface area contributed by atoms with Gasteiger partial charge in [-0.2, -0.15) is 0 Å². The fourth-order valence-corrected chi connectivity index (χ4v) is 4.43. The van der Waals surface area contributed by atoms with Crippen molar-refractivity contribution in [2.24, 2.45) is 0 Å². The normalized spacial score (nSPS) is 20.3. The van der Waals surface area contributed by atoms with Gasteiger partial charge in [0.05, 0.1) is 37.5 Å². The van der Waals surface area contributed by atoms with Gasteiger partial charge in [-0.1, -0.05) is 12.1 Å². The van der Waals surface area contributed by atoms with Crippen molar-refractivity contribution < 1.29 is 33.4 Å². The average Bonchev–Trinajstić information content (AvgIpc) is 3.14. The van der Waals surface area contributed by atoms with Gasteiger partial charge in [-0.25, -0.2) is 9.18 Å². The third-order valence-corrected chi connectivity index (χ3v) is 6.28. The molecule has 2 aliphatic rings. The molecule has 1 atom stereocenters. The van der Waals surface area contributed by atoms with Crippen LogP contribution >= 0.6 is 0 Å². The minimum atomic E-state index is -0.851. The lowest BCUT2D eigenvalue weighted by Crippen LogP contribution is -2.39. The Morgan fingerprint density at radius 3 is 2.29 bits per heavy atom. The first-order valence-corrected chi connectivity index (χ1v) is 11.4. The molecule has 2 saturated heterocycles. The Labute approximate surface area is 202 Å². The summed E-state index contributed by atoms with van der Waals surface area (Å²) in [4.78, 5) is 41.7. The van der Waals surface area contributed by atoms with E-state index in [1.807, 2.05) is 0 Å². The molecule has 1 N–H and O–H groups in total. The summed E-state index contributed by atoms with van der Waals surface area (Å²) in [5, 5.41) is 11.0. The molecule has 2 aliphatic heterocycles. The number of ether oxygens (including phenoxy) is 2. The molecule has 2 fully saturated rings. The van der Waals surface area contributed by atoms with Gasteiger partial charge in [0.1, 0.15) is 11.6 Å². The maximum Gasteiger partial charge on any atom is 0.337 e. The summed E-state index contributed by atoms with van der Waals surface area (Å²) in [6.45, 7) is 3.97. The number of aliphatic hydroxyl groups is 1. The van der Waals surface area contributed by atoms with Crippen LogP contribution in [-0.2, 0) is 19.1 Å². The van der Waals surface area contributed by atoms with Crippen molar-refractivity contribution >= 4 is 23.4 Å². The minimum absolute atomic E-state index is 0.0706. The standard InChI is InChI=1S/C26H27FN2O6/c1-34-26(33)19-5-3-17(4-6-19)22-21(23(30)18-7-9-20(27)10-8-18)24(31)25(32)29(22)12-2-11-28-13-15-35-16-14-28/h3-10,22,30H,2,11-16H2,1H3/b23-21-. The predicted molar refractivity (Wildman–Crippen MR) is 125 cm³/mol. The van der Waals surface area contributed by atoms with Gasteiger partial charge in [0.15, 0.2) is 0 Å². The maximum absolute atomic E-state index is 13.4. The highest BCUT2D eigenvalue weighted by atomic mass is 19.1. The van der Waals surface area contributed by atoms with E-state index in [4.69, 9.17) is 9.47 Å².